The normalized spacial score (nSPS) is 10.4. The molecule has 3 N–H and O–H groups in total. The van der Waals surface area contributed by atoms with Crippen molar-refractivity contribution in [1.82, 2.24) is 15.3 Å². The second kappa shape index (κ2) is 8.28. The zero-order valence-electron chi connectivity index (χ0n) is 15.6. The highest BCUT2D eigenvalue weighted by Gasteiger charge is 2.09. The molecule has 142 valence electrons. The Hall–Kier alpha value is -4.11. The van der Waals surface area contributed by atoms with E-state index in [1.165, 1.54) is 10.9 Å². The molecule has 0 aliphatic rings. The lowest BCUT2D eigenvalue weighted by atomic mass is 10.1. The number of nitrogens with one attached hydrogen (secondary N) is 3. The summed E-state index contributed by atoms with van der Waals surface area (Å²) in [5, 5.41) is 16.4. The van der Waals surface area contributed by atoms with Crippen LogP contribution in [0.3, 0.4) is 0 Å². The molecule has 2 aromatic carbocycles. The molecule has 4 rings (SSSR count). The molecule has 29 heavy (non-hydrogen) atoms. The van der Waals surface area contributed by atoms with Crippen molar-refractivity contribution in [2.45, 2.75) is 6.42 Å². The zero-order chi connectivity index (χ0) is 20.1. The highest BCUT2D eigenvalue weighted by atomic mass is 16.1. The first-order valence-corrected chi connectivity index (χ1v) is 9.30. The van der Waals surface area contributed by atoms with Crippen molar-refractivity contribution in [1.29, 1.82) is 5.26 Å². The van der Waals surface area contributed by atoms with Gasteiger partial charge in [0, 0.05) is 23.6 Å². The Bertz CT molecular complexity index is 1190. The zero-order valence-corrected chi connectivity index (χ0v) is 15.6. The maximum atomic E-state index is 12.4. The van der Waals surface area contributed by atoms with E-state index in [0.717, 1.165) is 11.9 Å². The number of amides is 1. The topological polar surface area (TPSA) is 93.6 Å². The Kier molecular flexibility index (Phi) is 5.21. The summed E-state index contributed by atoms with van der Waals surface area (Å²) < 4.78 is 0. The van der Waals surface area contributed by atoms with Gasteiger partial charge in [-0.05, 0) is 42.3 Å². The van der Waals surface area contributed by atoms with E-state index in [2.05, 4.69) is 32.7 Å². The number of H-pyrrole nitrogens is 1. The van der Waals surface area contributed by atoms with E-state index < -0.39 is 0 Å². The standard InChI is InChI=1S/C23H19N5O/c24-13-16-5-1-3-7-20(16)28-18-9-10-22(27-15-18)23(29)25-12-11-17-14-26-21-8-4-2-6-19(17)21/h1-10,14-15,26,28H,11-12H2,(H,25,29). The van der Waals surface area contributed by atoms with E-state index in [1.807, 2.05) is 42.6 Å². The fourth-order valence-electron chi connectivity index (χ4n) is 3.19. The molecule has 6 nitrogen and oxygen atoms in total. The summed E-state index contributed by atoms with van der Waals surface area (Å²) in [4.78, 5) is 19.8. The molecular formula is C23H19N5O. The lowest BCUT2D eigenvalue weighted by Crippen LogP contribution is -2.26. The summed E-state index contributed by atoms with van der Waals surface area (Å²) in [6, 6.07) is 20.9. The van der Waals surface area contributed by atoms with Crippen LogP contribution in [0.2, 0.25) is 0 Å². The number of aromatic amines is 1. The first-order chi connectivity index (χ1) is 14.2. The van der Waals surface area contributed by atoms with Crippen LogP contribution in [0.4, 0.5) is 11.4 Å². The molecule has 0 radical (unpaired) electrons. The number of nitriles is 1. The van der Waals surface area contributed by atoms with Gasteiger partial charge in [0.1, 0.15) is 11.8 Å². The summed E-state index contributed by atoms with van der Waals surface area (Å²) >= 11 is 0. The number of anilines is 2. The van der Waals surface area contributed by atoms with Gasteiger partial charge in [0.05, 0.1) is 23.1 Å². The molecule has 0 aliphatic heterocycles. The van der Waals surface area contributed by atoms with Gasteiger partial charge in [0.25, 0.3) is 5.91 Å². The maximum Gasteiger partial charge on any atom is 0.269 e. The molecule has 0 saturated carbocycles. The molecule has 0 atom stereocenters. The van der Waals surface area contributed by atoms with E-state index in [1.54, 1.807) is 24.4 Å². The van der Waals surface area contributed by atoms with Crippen LogP contribution in [0, 0.1) is 11.3 Å². The fraction of sp³-hybridized carbons (Fsp3) is 0.0870. The number of fused-ring (bicyclic) bond motifs is 1. The van der Waals surface area contributed by atoms with Crippen LogP contribution in [-0.2, 0) is 6.42 Å². The summed E-state index contributed by atoms with van der Waals surface area (Å²) in [5.41, 5.74) is 4.58. The van der Waals surface area contributed by atoms with Crippen LogP contribution in [0.15, 0.2) is 73.1 Å². The Balaban J connectivity index is 1.35. The summed E-state index contributed by atoms with van der Waals surface area (Å²) in [6.07, 6.45) is 4.30. The Morgan fingerprint density at radius 1 is 1.07 bits per heavy atom. The predicted molar refractivity (Wildman–Crippen MR) is 113 cm³/mol. The minimum absolute atomic E-state index is 0.214. The number of carbonyl (C=O) groups is 1. The highest BCUT2D eigenvalue weighted by Crippen LogP contribution is 2.20. The Labute approximate surface area is 168 Å². The fourth-order valence-corrected chi connectivity index (χ4v) is 3.19. The van der Waals surface area contributed by atoms with E-state index in [0.29, 0.717) is 29.2 Å². The second-order valence-corrected chi connectivity index (χ2v) is 6.58. The number of rotatable bonds is 6. The van der Waals surface area contributed by atoms with Crippen molar-refractivity contribution in [2.24, 2.45) is 0 Å². The van der Waals surface area contributed by atoms with Gasteiger partial charge in [-0.3, -0.25) is 4.79 Å². The van der Waals surface area contributed by atoms with Gasteiger partial charge < -0.3 is 15.6 Å². The van der Waals surface area contributed by atoms with Gasteiger partial charge >= 0.3 is 0 Å². The second-order valence-electron chi connectivity index (χ2n) is 6.58. The lowest BCUT2D eigenvalue weighted by molar-refractivity contribution is 0.0949. The number of para-hydroxylation sites is 2. The molecule has 0 bridgehead atoms. The SMILES string of the molecule is N#Cc1ccccc1Nc1ccc(C(=O)NCCc2c[nH]c3ccccc23)nc1. The Morgan fingerprint density at radius 3 is 2.72 bits per heavy atom. The first kappa shape index (κ1) is 18.3. The minimum Gasteiger partial charge on any atom is -0.361 e. The average Bonchev–Trinajstić information content (AvgIpc) is 3.18. The van der Waals surface area contributed by atoms with Crippen molar-refractivity contribution >= 4 is 28.2 Å². The van der Waals surface area contributed by atoms with Crippen molar-refractivity contribution in [3.63, 3.8) is 0 Å². The summed E-state index contributed by atoms with van der Waals surface area (Å²) in [5.74, 6) is -0.214. The molecule has 0 spiro atoms. The van der Waals surface area contributed by atoms with Gasteiger partial charge in [-0.1, -0.05) is 30.3 Å². The molecular weight excluding hydrogens is 362 g/mol. The average molecular weight is 381 g/mol. The monoisotopic (exact) mass is 381 g/mol. The molecule has 2 aromatic heterocycles. The molecule has 6 heteroatoms. The number of pyridine rings is 1. The number of carbonyl (C=O) groups excluding carboxylic acids is 1. The largest absolute Gasteiger partial charge is 0.361 e. The number of aromatic nitrogens is 2. The van der Waals surface area contributed by atoms with Gasteiger partial charge in [0.2, 0.25) is 0 Å². The van der Waals surface area contributed by atoms with Crippen LogP contribution < -0.4 is 10.6 Å². The molecule has 1 amide bonds. The first-order valence-electron chi connectivity index (χ1n) is 9.30. The van der Waals surface area contributed by atoms with Crippen molar-refractivity contribution < 1.29 is 4.79 Å². The van der Waals surface area contributed by atoms with Gasteiger partial charge in [0.15, 0.2) is 0 Å². The van der Waals surface area contributed by atoms with Gasteiger partial charge in [-0.25, -0.2) is 4.98 Å². The van der Waals surface area contributed by atoms with Crippen LogP contribution in [0.25, 0.3) is 10.9 Å². The molecule has 0 fully saturated rings. The van der Waals surface area contributed by atoms with E-state index in [-0.39, 0.29) is 5.91 Å². The highest BCUT2D eigenvalue weighted by molar-refractivity contribution is 5.92. The van der Waals surface area contributed by atoms with Crippen molar-refractivity contribution in [3.8, 4) is 6.07 Å². The predicted octanol–water partition coefficient (Wildman–Crippen LogP) is 4.15. The van der Waals surface area contributed by atoms with Gasteiger partial charge in [-0.2, -0.15) is 5.26 Å². The molecule has 2 heterocycles. The van der Waals surface area contributed by atoms with Crippen LogP contribution in [0.1, 0.15) is 21.6 Å². The third-order valence-electron chi connectivity index (χ3n) is 4.68. The molecule has 4 aromatic rings. The lowest BCUT2D eigenvalue weighted by Gasteiger charge is -2.09. The smallest absolute Gasteiger partial charge is 0.269 e. The number of benzene rings is 2. The van der Waals surface area contributed by atoms with E-state index >= 15 is 0 Å². The minimum atomic E-state index is -0.214. The number of nitrogens with zero attached hydrogens (tertiary/aromatic N) is 2. The third kappa shape index (κ3) is 4.09. The van der Waals surface area contributed by atoms with Gasteiger partial charge in [-0.15, -0.1) is 0 Å². The van der Waals surface area contributed by atoms with E-state index in [4.69, 9.17) is 5.26 Å². The van der Waals surface area contributed by atoms with Crippen molar-refractivity contribution in [2.75, 3.05) is 11.9 Å². The van der Waals surface area contributed by atoms with Crippen LogP contribution in [0.5, 0.6) is 0 Å². The molecule has 0 aliphatic carbocycles. The molecule has 0 unspecified atom stereocenters. The number of hydrogen-bond acceptors (Lipinski definition) is 4. The summed E-state index contributed by atoms with van der Waals surface area (Å²) in [6.45, 7) is 0.526. The third-order valence-corrected chi connectivity index (χ3v) is 4.68. The van der Waals surface area contributed by atoms with Crippen LogP contribution in [-0.4, -0.2) is 22.4 Å². The van der Waals surface area contributed by atoms with Crippen molar-refractivity contribution in [3.05, 3.63) is 89.9 Å². The van der Waals surface area contributed by atoms with E-state index in [9.17, 15) is 4.79 Å². The number of hydrogen-bond donors (Lipinski definition) is 3. The Morgan fingerprint density at radius 2 is 1.90 bits per heavy atom. The van der Waals surface area contributed by atoms with Crippen LogP contribution >= 0.6 is 0 Å². The quantitative estimate of drug-likeness (QED) is 0.468. The maximum absolute atomic E-state index is 12.4. The molecule has 0 saturated heterocycles. The summed E-state index contributed by atoms with van der Waals surface area (Å²) in [7, 11) is 0.